The van der Waals surface area contributed by atoms with Gasteiger partial charge in [-0.25, -0.2) is 4.98 Å². The second kappa shape index (κ2) is 11.3. The first-order chi connectivity index (χ1) is 19.0. The standard InChI is InChI=1S/C30H24ClN3O3S2/c31-19-10-14-21(15-11-19)34-29(36)27-24-8-4-5-9-25(24)39-28(27)33-30(34)38-18-26(35)32-20-12-16-23(17-13-20)37-22-6-2-1-3-7-22/h1-3,6-7,10-17H,4-5,8-9,18H2,(H,32,35). The van der Waals surface area contributed by atoms with Gasteiger partial charge in [-0.2, -0.15) is 0 Å². The Morgan fingerprint density at radius 1 is 0.974 bits per heavy atom. The number of carbonyl (C=O) groups is 1. The number of nitrogens with one attached hydrogen (secondary N) is 1. The zero-order valence-electron chi connectivity index (χ0n) is 20.9. The van der Waals surface area contributed by atoms with E-state index in [0.717, 1.165) is 41.8 Å². The predicted octanol–water partition coefficient (Wildman–Crippen LogP) is 7.50. The molecule has 0 aliphatic heterocycles. The molecule has 0 saturated heterocycles. The number of para-hydroxylation sites is 1. The number of hydrogen-bond donors (Lipinski definition) is 1. The Bertz CT molecular complexity index is 1700. The van der Waals surface area contributed by atoms with Crippen LogP contribution in [-0.2, 0) is 17.6 Å². The highest BCUT2D eigenvalue weighted by Gasteiger charge is 2.23. The maximum absolute atomic E-state index is 13.8. The minimum Gasteiger partial charge on any atom is -0.457 e. The molecular formula is C30H24ClN3O3S2. The highest BCUT2D eigenvalue weighted by atomic mass is 35.5. The molecule has 1 amide bonds. The van der Waals surface area contributed by atoms with E-state index in [1.807, 2.05) is 42.5 Å². The van der Waals surface area contributed by atoms with E-state index in [9.17, 15) is 9.59 Å². The average molecular weight is 574 g/mol. The number of benzene rings is 3. The van der Waals surface area contributed by atoms with Gasteiger partial charge in [0.05, 0.1) is 16.8 Å². The fourth-order valence-corrected chi connectivity index (χ4v) is 6.90. The minimum atomic E-state index is -0.195. The predicted molar refractivity (Wildman–Crippen MR) is 159 cm³/mol. The molecule has 1 N–H and O–H groups in total. The monoisotopic (exact) mass is 573 g/mol. The van der Waals surface area contributed by atoms with Crippen LogP contribution in [0.1, 0.15) is 23.3 Å². The van der Waals surface area contributed by atoms with Crippen molar-refractivity contribution in [1.29, 1.82) is 0 Å². The van der Waals surface area contributed by atoms with Crippen LogP contribution >= 0.6 is 34.7 Å². The van der Waals surface area contributed by atoms with Crippen LogP contribution in [0.2, 0.25) is 5.02 Å². The van der Waals surface area contributed by atoms with E-state index < -0.39 is 0 Å². The Kier molecular flexibility index (Phi) is 7.41. The number of halogens is 1. The molecule has 2 heterocycles. The molecule has 0 unspecified atom stereocenters. The summed E-state index contributed by atoms with van der Waals surface area (Å²) in [6.07, 6.45) is 4.09. The van der Waals surface area contributed by atoms with Crippen molar-refractivity contribution in [1.82, 2.24) is 9.55 Å². The third kappa shape index (κ3) is 5.59. The normalized spacial score (nSPS) is 12.7. The third-order valence-corrected chi connectivity index (χ3v) is 8.87. The zero-order chi connectivity index (χ0) is 26.8. The lowest BCUT2D eigenvalue weighted by Gasteiger charge is -2.14. The molecule has 1 aliphatic carbocycles. The topological polar surface area (TPSA) is 73.2 Å². The Hall–Kier alpha value is -3.59. The van der Waals surface area contributed by atoms with Crippen molar-refractivity contribution in [2.24, 2.45) is 0 Å². The van der Waals surface area contributed by atoms with Gasteiger partial charge >= 0.3 is 0 Å². The van der Waals surface area contributed by atoms with Gasteiger partial charge in [0.25, 0.3) is 5.56 Å². The van der Waals surface area contributed by atoms with Gasteiger partial charge in [0, 0.05) is 15.6 Å². The van der Waals surface area contributed by atoms with Gasteiger partial charge in [0.1, 0.15) is 16.3 Å². The van der Waals surface area contributed by atoms with E-state index in [4.69, 9.17) is 21.3 Å². The van der Waals surface area contributed by atoms with Crippen LogP contribution in [0.5, 0.6) is 11.5 Å². The van der Waals surface area contributed by atoms with Gasteiger partial charge < -0.3 is 10.1 Å². The number of amides is 1. The summed E-state index contributed by atoms with van der Waals surface area (Å²) in [6, 6.07) is 23.8. The van der Waals surface area contributed by atoms with E-state index in [-0.39, 0.29) is 17.2 Å². The SMILES string of the molecule is O=C(CSc1nc2sc3c(c2c(=O)n1-c1ccc(Cl)cc1)CCCC3)Nc1ccc(Oc2ccccc2)cc1. The molecule has 0 bridgehead atoms. The van der Waals surface area contributed by atoms with Gasteiger partial charge in [0.15, 0.2) is 5.16 Å². The number of aryl methyl sites for hydroxylation is 2. The molecule has 0 saturated carbocycles. The maximum atomic E-state index is 13.8. The Morgan fingerprint density at radius 3 is 2.46 bits per heavy atom. The summed E-state index contributed by atoms with van der Waals surface area (Å²) in [6.45, 7) is 0. The minimum absolute atomic E-state index is 0.0961. The number of carbonyl (C=O) groups excluding carboxylic acids is 1. The molecule has 6 rings (SSSR count). The Balaban J connectivity index is 1.23. The molecule has 9 heteroatoms. The van der Waals surface area contributed by atoms with Gasteiger partial charge in [0.2, 0.25) is 5.91 Å². The summed E-state index contributed by atoms with van der Waals surface area (Å²) >= 11 is 8.96. The van der Waals surface area contributed by atoms with Crippen molar-refractivity contribution < 1.29 is 9.53 Å². The van der Waals surface area contributed by atoms with Crippen molar-refractivity contribution in [3.8, 4) is 17.2 Å². The van der Waals surface area contributed by atoms with Crippen LogP contribution in [0, 0.1) is 0 Å². The average Bonchev–Trinajstić information content (AvgIpc) is 3.33. The van der Waals surface area contributed by atoms with Crippen LogP contribution < -0.4 is 15.6 Å². The summed E-state index contributed by atoms with van der Waals surface area (Å²) in [5.74, 6) is 1.32. The molecule has 6 nitrogen and oxygen atoms in total. The number of thiophene rings is 1. The van der Waals surface area contributed by atoms with Crippen LogP contribution in [0.15, 0.2) is 88.8 Å². The number of aromatic nitrogens is 2. The Labute approximate surface area is 238 Å². The van der Waals surface area contributed by atoms with Crippen molar-refractivity contribution in [2.45, 2.75) is 30.8 Å². The summed E-state index contributed by atoms with van der Waals surface area (Å²) in [7, 11) is 0. The van der Waals surface area contributed by atoms with E-state index in [2.05, 4.69) is 5.32 Å². The number of hydrogen-bond acceptors (Lipinski definition) is 6. The van der Waals surface area contributed by atoms with Crippen LogP contribution in [0.25, 0.3) is 15.9 Å². The summed E-state index contributed by atoms with van der Waals surface area (Å²) in [5, 5.41) is 4.69. The van der Waals surface area contributed by atoms with Crippen molar-refractivity contribution in [3.05, 3.63) is 105 Å². The molecule has 2 aromatic heterocycles. The highest BCUT2D eigenvalue weighted by molar-refractivity contribution is 7.99. The molecular weight excluding hydrogens is 550 g/mol. The lowest BCUT2D eigenvalue weighted by Crippen LogP contribution is -2.23. The third-order valence-electron chi connectivity index (χ3n) is 6.49. The molecule has 0 radical (unpaired) electrons. The van der Waals surface area contributed by atoms with Gasteiger partial charge in [-0.15, -0.1) is 11.3 Å². The molecule has 0 fully saturated rings. The van der Waals surface area contributed by atoms with Crippen molar-refractivity contribution in [3.63, 3.8) is 0 Å². The lowest BCUT2D eigenvalue weighted by atomic mass is 9.97. The molecule has 196 valence electrons. The second-order valence-electron chi connectivity index (χ2n) is 9.18. The first kappa shape index (κ1) is 25.7. The molecule has 5 aromatic rings. The van der Waals surface area contributed by atoms with Crippen LogP contribution in [0.3, 0.4) is 0 Å². The van der Waals surface area contributed by atoms with E-state index >= 15 is 0 Å². The highest BCUT2D eigenvalue weighted by Crippen LogP contribution is 2.35. The summed E-state index contributed by atoms with van der Waals surface area (Å²) in [4.78, 5) is 33.6. The van der Waals surface area contributed by atoms with E-state index in [1.165, 1.54) is 16.6 Å². The number of nitrogens with zero attached hydrogens (tertiary/aromatic N) is 2. The quantitative estimate of drug-likeness (QED) is 0.161. The number of rotatable bonds is 7. The fraction of sp³-hybridized carbons (Fsp3) is 0.167. The van der Waals surface area contributed by atoms with Gasteiger partial charge in [-0.1, -0.05) is 41.6 Å². The molecule has 3 aromatic carbocycles. The number of fused-ring (bicyclic) bond motifs is 3. The number of thioether (sulfide) groups is 1. The van der Waals surface area contributed by atoms with E-state index in [0.29, 0.717) is 32.7 Å². The molecule has 0 spiro atoms. The van der Waals surface area contributed by atoms with Crippen LogP contribution in [0.4, 0.5) is 5.69 Å². The molecule has 39 heavy (non-hydrogen) atoms. The summed E-state index contributed by atoms with van der Waals surface area (Å²) in [5.41, 5.74) is 2.37. The smallest absolute Gasteiger partial charge is 0.267 e. The lowest BCUT2D eigenvalue weighted by molar-refractivity contribution is -0.113. The largest absolute Gasteiger partial charge is 0.457 e. The Morgan fingerprint density at radius 2 is 1.69 bits per heavy atom. The fourth-order valence-electron chi connectivity index (χ4n) is 4.66. The van der Waals surface area contributed by atoms with Gasteiger partial charge in [-0.05, 0) is 91.9 Å². The first-order valence-corrected chi connectivity index (χ1v) is 14.8. The summed E-state index contributed by atoms with van der Waals surface area (Å²) < 4.78 is 7.42. The first-order valence-electron chi connectivity index (χ1n) is 12.6. The van der Waals surface area contributed by atoms with Crippen molar-refractivity contribution >= 4 is 56.5 Å². The zero-order valence-corrected chi connectivity index (χ0v) is 23.2. The van der Waals surface area contributed by atoms with Crippen molar-refractivity contribution in [2.75, 3.05) is 11.1 Å². The number of ether oxygens (including phenoxy) is 1. The van der Waals surface area contributed by atoms with E-state index in [1.54, 1.807) is 52.3 Å². The van der Waals surface area contributed by atoms with Crippen LogP contribution in [-0.4, -0.2) is 21.2 Å². The molecule has 1 aliphatic rings. The second-order valence-corrected chi connectivity index (χ2v) is 11.6. The molecule has 0 atom stereocenters. The number of anilines is 1. The maximum Gasteiger partial charge on any atom is 0.267 e. The van der Waals surface area contributed by atoms with Gasteiger partial charge in [-0.3, -0.25) is 14.2 Å².